The van der Waals surface area contributed by atoms with Crippen molar-refractivity contribution in [3.63, 3.8) is 0 Å². The van der Waals surface area contributed by atoms with Crippen LogP contribution in [-0.2, 0) is 6.54 Å². The van der Waals surface area contributed by atoms with E-state index in [2.05, 4.69) is 20.3 Å². The van der Waals surface area contributed by atoms with Crippen LogP contribution in [0.5, 0.6) is 5.88 Å². The second kappa shape index (κ2) is 6.05. The standard InChI is InChI=1S/C13H18N6O/c1-8(2)20-12-9(4-3-5-16-12)7-17-11-6-10(14)18-13(15)19-11/h3-6,8H,7H2,1-2H3,(H5,14,15,17,18,19). The van der Waals surface area contributed by atoms with Gasteiger partial charge in [0.2, 0.25) is 11.8 Å². The van der Waals surface area contributed by atoms with Gasteiger partial charge in [0.25, 0.3) is 0 Å². The first-order chi connectivity index (χ1) is 9.54. The third kappa shape index (κ3) is 3.71. The number of nitrogen functional groups attached to an aromatic ring is 2. The highest BCUT2D eigenvalue weighted by atomic mass is 16.5. The Morgan fingerprint density at radius 1 is 1.30 bits per heavy atom. The number of anilines is 3. The van der Waals surface area contributed by atoms with Crippen LogP contribution in [0.2, 0.25) is 0 Å². The summed E-state index contributed by atoms with van der Waals surface area (Å²) < 4.78 is 5.65. The molecule has 0 unspecified atom stereocenters. The minimum atomic E-state index is 0.0639. The number of nitrogens with zero attached hydrogens (tertiary/aromatic N) is 3. The minimum Gasteiger partial charge on any atom is -0.475 e. The van der Waals surface area contributed by atoms with Crippen molar-refractivity contribution in [3.05, 3.63) is 30.0 Å². The molecule has 7 heteroatoms. The van der Waals surface area contributed by atoms with Crippen molar-refractivity contribution in [2.75, 3.05) is 16.8 Å². The molecule has 0 aliphatic rings. The van der Waals surface area contributed by atoms with Gasteiger partial charge in [0, 0.05) is 24.4 Å². The fourth-order valence-corrected chi connectivity index (χ4v) is 1.65. The van der Waals surface area contributed by atoms with Crippen molar-refractivity contribution in [3.8, 4) is 5.88 Å². The first-order valence-electron chi connectivity index (χ1n) is 6.29. The summed E-state index contributed by atoms with van der Waals surface area (Å²) in [5.41, 5.74) is 12.1. The lowest BCUT2D eigenvalue weighted by molar-refractivity contribution is 0.230. The molecule has 0 fully saturated rings. The molecule has 5 N–H and O–H groups in total. The fourth-order valence-electron chi connectivity index (χ4n) is 1.65. The molecular weight excluding hydrogens is 256 g/mol. The first kappa shape index (κ1) is 13.9. The van der Waals surface area contributed by atoms with Crippen molar-refractivity contribution >= 4 is 17.6 Å². The molecule has 2 aromatic heterocycles. The van der Waals surface area contributed by atoms with Crippen LogP contribution >= 0.6 is 0 Å². The predicted molar refractivity (Wildman–Crippen MR) is 78.2 cm³/mol. The summed E-state index contributed by atoms with van der Waals surface area (Å²) in [7, 11) is 0. The Bertz CT molecular complexity index is 567. The van der Waals surface area contributed by atoms with Gasteiger partial charge in [-0.2, -0.15) is 9.97 Å². The summed E-state index contributed by atoms with van der Waals surface area (Å²) in [5.74, 6) is 1.63. The highest BCUT2D eigenvalue weighted by molar-refractivity contribution is 5.49. The summed E-state index contributed by atoms with van der Waals surface area (Å²) in [5, 5.41) is 3.13. The average Bonchev–Trinajstić information content (AvgIpc) is 2.36. The highest BCUT2D eigenvalue weighted by Crippen LogP contribution is 2.18. The smallest absolute Gasteiger partial charge is 0.223 e. The van der Waals surface area contributed by atoms with Gasteiger partial charge in [-0.25, -0.2) is 4.98 Å². The van der Waals surface area contributed by atoms with Gasteiger partial charge in [-0.05, 0) is 19.9 Å². The van der Waals surface area contributed by atoms with Gasteiger partial charge in [-0.1, -0.05) is 6.07 Å². The molecule has 0 amide bonds. The summed E-state index contributed by atoms with van der Waals surface area (Å²) in [4.78, 5) is 12.1. The number of nitrogens with one attached hydrogen (secondary N) is 1. The molecule has 0 saturated heterocycles. The molecule has 0 saturated carbocycles. The van der Waals surface area contributed by atoms with Crippen LogP contribution in [0.1, 0.15) is 19.4 Å². The normalized spacial score (nSPS) is 10.6. The third-order valence-electron chi connectivity index (χ3n) is 2.42. The van der Waals surface area contributed by atoms with Crippen LogP contribution in [0.4, 0.5) is 17.6 Å². The number of aromatic nitrogens is 3. The molecule has 2 aromatic rings. The Hall–Kier alpha value is -2.57. The number of ether oxygens (including phenoxy) is 1. The van der Waals surface area contributed by atoms with Gasteiger partial charge in [0.1, 0.15) is 11.6 Å². The molecule has 0 aromatic carbocycles. The van der Waals surface area contributed by atoms with Crippen molar-refractivity contribution in [2.45, 2.75) is 26.5 Å². The van der Waals surface area contributed by atoms with Crippen molar-refractivity contribution in [2.24, 2.45) is 0 Å². The van der Waals surface area contributed by atoms with Crippen LogP contribution in [-0.4, -0.2) is 21.1 Å². The zero-order valence-corrected chi connectivity index (χ0v) is 11.5. The van der Waals surface area contributed by atoms with E-state index >= 15 is 0 Å². The van der Waals surface area contributed by atoms with Crippen LogP contribution < -0.4 is 21.5 Å². The molecule has 2 rings (SSSR count). The van der Waals surface area contributed by atoms with E-state index in [1.54, 1.807) is 12.3 Å². The molecule has 0 aliphatic heterocycles. The molecule has 0 atom stereocenters. The van der Waals surface area contributed by atoms with Crippen molar-refractivity contribution in [1.82, 2.24) is 15.0 Å². The lowest BCUT2D eigenvalue weighted by Gasteiger charge is -2.13. The van der Waals surface area contributed by atoms with Crippen molar-refractivity contribution in [1.29, 1.82) is 0 Å². The number of nitrogens with two attached hydrogens (primary N) is 2. The van der Waals surface area contributed by atoms with Crippen LogP contribution in [0, 0.1) is 0 Å². The van der Waals surface area contributed by atoms with Crippen LogP contribution in [0.15, 0.2) is 24.4 Å². The van der Waals surface area contributed by atoms with Gasteiger partial charge >= 0.3 is 0 Å². The maximum absolute atomic E-state index is 5.65. The average molecular weight is 274 g/mol. The molecule has 20 heavy (non-hydrogen) atoms. The largest absolute Gasteiger partial charge is 0.475 e. The predicted octanol–water partition coefficient (Wildman–Crippen LogP) is 1.44. The summed E-state index contributed by atoms with van der Waals surface area (Å²) >= 11 is 0. The van der Waals surface area contributed by atoms with E-state index in [0.717, 1.165) is 5.56 Å². The minimum absolute atomic E-state index is 0.0639. The van der Waals surface area contributed by atoms with E-state index in [0.29, 0.717) is 24.1 Å². The molecule has 0 aliphatic carbocycles. The third-order valence-corrected chi connectivity index (χ3v) is 2.42. The van der Waals surface area contributed by atoms with Gasteiger partial charge in [-0.15, -0.1) is 0 Å². The topological polar surface area (TPSA) is 112 Å². The Balaban J connectivity index is 2.10. The fraction of sp³-hybridized carbons (Fsp3) is 0.308. The zero-order chi connectivity index (χ0) is 14.5. The number of hydrogen-bond acceptors (Lipinski definition) is 7. The summed E-state index contributed by atoms with van der Waals surface area (Å²) in [6.07, 6.45) is 1.76. The first-order valence-corrected chi connectivity index (χ1v) is 6.29. The summed E-state index contributed by atoms with van der Waals surface area (Å²) in [6.45, 7) is 4.42. The maximum atomic E-state index is 5.65. The van der Waals surface area contributed by atoms with E-state index < -0.39 is 0 Å². The zero-order valence-electron chi connectivity index (χ0n) is 11.5. The Morgan fingerprint density at radius 3 is 2.80 bits per heavy atom. The molecule has 0 spiro atoms. The van der Waals surface area contributed by atoms with Gasteiger partial charge in [0.15, 0.2) is 0 Å². The van der Waals surface area contributed by atoms with Gasteiger partial charge in [-0.3, -0.25) is 0 Å². The number of hydrogen-bond donors (Lipinski definition) is 3. The Morgan fingerprint density at radius 2 is 2.10 bits per heavy atom. The number of rotatable bonds is 5. The Kier molecular flexibility index (Phi) is 4.19. The monoisotopic (exact) mass is 274 g/mol. The lowest BCUT2D eigenvalue weighted by Crippen LogP contribution is -2.11. The van der Waals surface area contributed by atoms with Gasteiger partial charge in [0.05, 0.1) is 6.10 Å². The SMILES string of the molecule is CC(C)Oc1ncccc1CNc1cc(N)nc(N)n1. The number of pyridine rings is 1. The van der Waals surface area contributed by atoms with E-state index in [-0.39, 0.29) is 12.1 Å². The second-order valence-electron chi connectivity index (χ2n) is 4.52. The van der Waals surface area contributed by atoms with Crippen molar-refractivity contribution < 1.29 is 4.74 Å². The van der Waals surface area contributed by atoms with E-state index in [1.165, 1.54) is 0 Å². The Labute approximate surface area is 117 Å². The van der Waals surface area contributed by atoms with Crippen LogP contribution in [0.3, 0.4) is 0 Å². The molecule has 0 bridgehead atoms. The molecule has 7 nitrogen and oxygen atoms in total. The van der Waals surface area contributed by atoms with E-state index in [9.17, 15) is 0 Å². The summed E-state index contributed by atoms with van der Waals surface area (Å²) in [6, 6.07) is 5.41. The molecular formula is C13H18N6O. The van der Waals surface area contributed by atoms with E-state index in [4.69, 9.17) is 16.2 Å². The molecule has 2 heterocycles. The second-order valence-corrected chi connectivity index (χ2v) is 4.52. The lowest BCUT2D eigenvalue weighted by atomic mass is 10.2. The maximum Gasteiger partial charge on any atom is 0.223 e. The van der Waals surface area contributed by atoms with Gasteiger partial charge < -0.3 is 21.5 Å². The van der Waals surface area contributed by atoms with E-state index in [1.807, 2.05) is 26.0 Å². The highest BCUT2D eigenvalue weighted by Gasteiger charge is 2.07. The van der Waals surface area contributed by atoms with Crippen LogP contribution in [0.25, 0.3) is 0 Å². The quantitative estimate of drug-likeness (QED) is 0.756. The molecule has 106 valence electrons. The molecule has 0 radical (unpaired) electrons.